The number of nitrogens with one attached hydrogen (secondary N) is 4. The zero-order chi connectivity index (χ0) is 15.5. The lowest BCUT2D eigenvalue weighted by atomic mass is 10.1. The van der Waals surface area contributed by atoms with Crippen LogP contribution in [0.25, 0.3) is 0 Å². The van der Waals surface area contributed by atoms with E-state index in [1.165, 1.54) is 18.3 Å². The number of amides is 2. The van der Waals surface area contributed by atoms with E-state index in [1.54, 1.807) is 0 Å². The molecule has 1 aromatic carbocycles. The molecular weight excluding hydrogens is 287 g/mol. The highest BCUT2D eigenvalue weighted by Gasteiger charge is 2.29. The van der Waals surface area contributed by atoms with Crippen LogP contribution in [0, 0.1) is 0 Å². The van der Waals surface area contributed by atoms with Crippen molar-refractivity contribution < 1.29 is 18.0 Å². The largest absolute Gasteiger partial charge is 0.416 e. The summed E-state index contributed by atoms with van der Waals surface area (Å²) < 4.78 is 37.2. The zero-order valence-electron chi connectivity index (χ0n) is 11.0. The number of nitrogens with zero attached hydrogens (tertiary/aromatic N) is 1. The number of benzene rings is 1. The Kier molecular flexibility index (Phi) is 4.32. The van der Waals surface area contributed by atoms with Crippen LogP contribution in [0.5, 0.6) is 0 Å². The topological polar surface area (TPSA) is 77.5 Å². The Morgan fingerprint density at radius 1 is 1.29 bits per heavy atom. The van der Waals surface area contributed by atoms with Gasteiger partial charge in [-0.2, -0.15) is 18.3 Å². The van der Waals surface area contributed by atoms with Gasteiger partial charge >= 0.3 is 12.2 Å². The standard InChI is InChI=1S/C12H14F3N5O/c1-7-10(17-11(21)20-18-7)19-16-6-8-2-4-9(5-3-8)12(13,14)15/h2-7,10,18-19H,1H3,(H2,17,20,21)/b16-6+. The van der Waals surface area contributed by atoms with Gasteiger partial charge in [0.05, 0.1) is 17.8 Å². The second-order valence-corrected chi connectivity index (χ2v) is 4.52. The molecule has 1 heterocycles. The Bertz CT molecular complexity index is 529. The lowest BCUT2D eigenvalue weighted by Crippen LogP contribution is -2.67. The molecule has 2 atom stereocenters. The van der Waals surface area contributed by atoms with Gasteiger partial charge in [0.1, 0.15) is 6.17 Å². The molecule has 0 aromatic heterocycles. The third-order valence-electron chi connectivity index (χ3n) is 2.87. The van der Waals surface area contributed by atoms with Crippen LogP contribution >= 0.6 is 0 Å². The van der Waals surface area contributed by atoms with E-state index in [1.807, 2.05) is 6.92 Å². The van der Waals surface area contributed by atoms with Crippen molar-refractivity contribution in [2.45, 2.75) is 25.3 Å². The van der Waals surface area contributed by atoms with Crippen molar-refractivity contribution >= 4 is 12.2 Å². The molecule has 1 saturated heterocycles. The van der Waals surface area contributed by atoms with Crippen LogP contribution < -0.4 is 21.6 Å². The Morgan fingerprint density at radius 3 is 2.57 bits per heavy atom. The number of rotatable bonds is 3. The summed E-state index contributed by atoms with van der Waals surface area (Å²) >= 11 is 0. The fraction of sp³-hybridized carbons (Fsp3) is 0.333. The van der Waals surface area contributed by atoms with Crippen LogP contribution in [0.1, 0.15) is 18.1 Å². The molecule has 1 fully saturated rings. The molecule has 1 aliphatic rings. The van der Waals surface area contributed by atoms with Gasteiger partial charge in [0, 0.05) is 0 Å². The van der Waals surface area contributed by atoms with Gasteiger partial charge < -0.3 is 5.32 Å². The third kappa shape index (κ3) is 4.09. The van der Waals surface area contributed by atoms with Crippen molar-refractivity contribution in [2.24, 2.45) is 5.10 Å². The molecular formula is C12H14F3N5O. The number of halogens is 3. The first-order valence-electron chi connectivity index (χ1n) is 6.14. The number of carbonyl (C=O) groups excluding carboxylic acids is 1. The van der Waals surface area contributed by atoms with E-state index in [4.69, 9.17) is 0 Å². The van der Waals surface area contributed by atoms with E-state index in [9.17, 15) is 18.0 Å². The summed E-state index contributed by atoms with van der Waals surface area (Å²) in [6.45, 7) is 1.82. The van der Waals surface area contributed by atoms with Gasteiger partial charge in [-0.05, 0) is 24.6 Å². The lowest BCUT2D eigenvalue weighted by Gasteiger charge is -2.30. The van der Waals surface area contributed by atoms with E-state index in [0.29, 0.717) is 5.56 Å². The predicted molar refractivity (Wildman–Crippen MR) is 70.2 cm³/mol. The number of hydrazone groups is 1. The van der Waals surface area contributed by atoms with Gasteiger partial charge in [-0.15, -0.1) is 0 Å². The molecule has 114 valence electrons. The maximum Gasteiger partial charge on any atom is 0.416 e. The van der Waals surface area contributed by atoms with Gasteiger partial charge in [-0.25, -0.2) is 10.2 Å². The van der Waals surface area contributed by atoms with Gasteiger partial charge in [0.2, 0.25) is 0 Å². The molecule has 2 amide bonds. The molecule has 2 unspecified atom stereocenters. The van der Waals surface area contributed by atoms with E-state index < -0.39 is 23.9 Å². The number of alkyl halides is 3. The Morgan fingerprint density at radius 2 is 1.95 bits per heavy atom. The molecule has 4 N–H and O–H groups in total. The second-order valence-electron chi connectivity index (χ2n) is 4.52. The van der Waals surface area contributed by atoms with Crippen molar-refractivity contribution in [1.29, 1.82) is 0 Å². The highest BCUT2D eigenvalue weighted by molar-refractivity contribution is 5.79. The summed E-state index contributed by atoms with van der Waals surface area (Å²) in [5.74, 6) is 0. The fourth-order valence-corrected chi connectivity index (χ4v) is 1.66. The molecule has 1 aromatic rings. The molecule has 6 nitrogen and oxygen atoms in total. The first kappa shape index (κ1) is 15.1. The van der Waals surface area contributed by atoms with Crippen molar-refractivity contribution in [2.75, 3.05) is 0 Å². The molecule has 0 spiro atoms. The SMILES string of the molecule is CC1NNC(=O)NC1N/N=C/c1ccc(C(F)(F)F)cc1. The molecule has 1 aliphatic heterocycles. The lowest BCUT2D eigenvalue weighted by molar-refractivity contribution is -0.137. The first-order valence-corrected chi connectivity index (χ1v) is 6.14. The fourth-order valence-electron chi connectivity index (χ4n) is 1.66. The minimum absolute atomic E-state index is 0.118. The van der Waals surface area contributed by atoms with Crippen molar-refractivity contribution in [3.05, 3.63) is 35.4 Å². The number of hydrogen-bond acceptors (Lipinski definition) is 4. The smallest absolute Gasteiger partial charge is 0.314 e. The van der Waals surface area contributed by atoms with Crippen molar-refractivity contribution in [3.63, 3.8) is 0 Å². The summed E-state index contributed by atoms with van der Waals surface area (Å²) in [5, 5.41) is 6.50. The van der Waals surface area contributed by atoms with Crippen LogP contribution in [0.2, 0.25) is 0 Å². The highest BCUT2D eigenvalue weighted by atomic mass is 19.4. The van der Waals surface area contributed by atoms with Crippen LogP contribution in [0.15, 0.2) is 29.4 Å². The number of hydrogen-bond donors (Lipinski definition) is 4. The Hall–Kier alpha value is -2.29. The Labute approximate surface area is 118 Å². The van der Waals surface area contributed by atoms with Crippen molar-refractivity contribution in [1.82, 2.24) is 21.6 Å². The molecule has 0 radical (unpaired) electrons. The summed E-state index contributed by atoms with van der Waals surface area (Å²) in [4.78, 5) is 11.1. The summed E-state index contributed by atoms with van der Waals surface area (Å²) in [6.07, 6.45) is -3.40. The average molecular weight is 301 g/mol. The minimum Gasteiger partial charge on any atom is -0.314 e. The molecule has 0 saturated carbocycles. The van der Waals surface area contributed by atoms with E-state index in [0.717, 1.165) is 12.1 Å². The normalized spacial score (nSPS) is 22.8. The van der Waals surface area contributed by atoms with Gasteiger partial charge in [0.15, 0.2) is 0 Å². The van der Waals surface area contributed by atoms with Crippen LogP contribution in [0.4, 0.5) is 18.0 Å². The molecule has 0 aliphatic carbocycles. The molecule has 9 heteroatoms. The third-order valence-corrected chi connectivity index (χ3v) is 2.87. The number of urea groups is 1. The zero-order valence-corrected chi connectivity index (χ0v) is 11.0. The summed E-state index contributed by atoms with van der Waals surface area (Å²) in [5.41, 5.74) is 7.63. The van der Waals surface area contributed by atoms with Gasteiger partial charge in [-0.1, -0.05) is 12.1 Å². The van der Waals surface area contributed by atoms with Gasteiger partial charge in [0.25, 0.3) is 0 Å². The maximum atomic E-state index is 12.4. The second kappa shape index (κ2) is 6.00. The van der Waals surface area contributed by atoms with Crippen LogP contribution in [-0.4, -0.2) is 24.5 Å². The monoisotopic (exact) mass is 301 g/mol. The van der Waals surface area contributed by atoms with E-state index >= 15 is 0 Å². The number of carbonyl (C=O) groups is 1. The quantitative estimate of drug-likeness (QED) is 0.500. The predicted octanol–water partition coefficient (Wildman–Crippen LogP) is 1.16. The summed E-state index contributed by atoms with van der Waals surface area (Å²) in [6, 6.07) is 4.09. The minimum atomic E-state index is -4.35. The molecule has 2 rings (SSSR count). The van der Waals surface area contributed by atoms with Crippen LogP contribution in [0.3, 0.4) is 0 Å². The Balaban J connectivity index is 1.93. The highest BCUT2D eigenvalue weighted by Crippen LogP contribution is 2.28. The van der Waals surface area contributed by atoms with Gasteiger partial charge in [-0.3, -0.25) is 10.9 Å². The molecule has 0 bridgehead atoms. The van der Waals surface area contributed by atoms with E-state index in [2.05, 4.69) is 26.7 Å². The average Bonchev–Trinajstić information content (AvgIpc) is 2.42. The molecule has 21 heavy (non-hydrogen) atoms. The number of hydrazine groups is 1. The van der Waals surface area contributed by atoms with E-state index in [-0.39, 0.29) is 6.04 Å². The van der Waals surface area contributed by atoms with Crippen molar-refractivity contribution in [3.8, 4) is 0 Å². The first-order chi connectivity index (χ1) is 9.86. The van der Waals surface area contributed by atoms with Crippen LogP contribution in [-0.2, 0) is 6.18 Å². The summed E-state index contributed by atoms with van der Waals surface area (Å²) in [7, 11) is 0. The maximum absolute atomic E-state index is 12.4.